The summed E-state index contributed by atoms with van der Waals surface area (Å²) in [4.78, 5) is 39.4. The standard InChI is InChI=1S/C23H40N4O8S/c1-4-5-6-7-14-33-21(29)23(2,3)16-34-36(31,32)35-27-18-8-9-19(26(15-18)22(27)30)20(28)25-17-10-12-24-13-11-17/h17-19,24H,4-16H2,1-3H3,(H,25,28)/t18-,19+/m1/s1. The number of rotatable bonds is 13. The number of hydrogen-bond donors (Lipinski definition) is 2. The van der Waals surface area contributed by atoms with Gasteiger partial charge in [0.25, 0.3) is 0 Å². The quantitative estimate of drug-likeness (QED) is 0.266. The molecule has 0 aliphatic carbocycles. The maximum Gasteiger partial charge on any atom is 0.421 e. The van der Waals surface area contributed by atoms with Crippen molar-refractivity contribution in [1.82, 2.24) is 20.6 Å². The molecule has 3 aliphatic rings. The second-order valence-corrected chi connectivity index (χ2v) is 11.6. The summed E-state index contributed by atoms with van der Waals surface area (Å²) in [5, 5.41) is 7.01. The zero-order chi connectivity index (χ0) is 26.3. The first kappa shape index (κ1) is 28.6. The minimum atomic E-state index is -4.63. The minimum Gasteiger partial charge on any atom is -0.465 e. The van der Waals surface area contributed by atoms with Crippen LogP contribution in [0.5, 0.6) is 0 Å². The van der Waals surface area contributed by atoms with Gasteiger partial charge in [0.1, 0.15) is 6.04 Å². The molecule has 0 saturated carbocycles. The lowest BCUT2D eigenvalue weighted by molar-refractivity contribution is -0.156. The highest BCUT2D eigenvalue weighted by molar-refractivity contribution is 7.81. The summed E-state index contributed by atoms with van der Waals surface area (Å²) in [6, 6.07) is -1.82. The lowest BCUT2D eigenvalue weighted by Crippen LogP contribution is -2.53. The number of nitrogens with one attached hydrogen (secondary N) is 2. The van der Waals surface area contributed by atoms with E-state index >= 15 is 0 Å². The van der Waals surface area contributed by atoms with E-state index in [0.29, 0.717) is 12.8 Å². The average Bonchev–Trinajstić information content (AvgIpc) is 3.07. The summed E-state index contributed by atoms with van der Waals surface area (Å²) in [6.45, 7) is 6.72. The van der Waals surface area contributed by atoms with Crippen LogP contribution in [0.3, 0.4) is 0 Å². The van der Waals surface area contributed by atoms with Crippen molar-refractivity contribution in [2.75, 3.05) is 32.8 Å². The van der Waals surface area contributed by atoms with Crippen molar-refractivity contribution in [2.45, 2.75) is 90.3 Å². The summed E-state index contributed by atoms with van der Waals surface area (Å²) < 4.78 is 40.2. The summed E-state index contributed by atoms with van der Waals surface area (Å²) in [5.74, 6) is -0.805. The first-order valence-electron chi connectivity index (χ1n) is 12.9. The Hall–Kier alpha value is -1.96. The van der Waals surface area contributed by atoms with E-state index in [1.807, 2.05) is 0 Å². The SMILES string of the molecule is CCCCCCOC(=O)C(C)(C)COS(=O)(=O)ON1C(=O)N2C[C@H]1CC[C@H]2C(=O)NC1CCNCC1. The molecule has 3 heterocycles. The van der Waals surface area contributed by atoms with Crippen molar-refractivity contribution in [3.63, 3.8) is 0 Å². The van der Waals surface area contributed by atoms with Crippen LogP contribution in [-0.4, -0.2) is 87.3 Å². The summed E-state index contributed by atoms with van der Waals surface area (Å²) in [7, 11) is -4.63. The Morgan fingerprint density at radius 3 is 2.53 bits per heavy atom. The second kappa shape index (κ2) is 12.5. The van der Waals surface area contributed by atoms with Crippen LogP contribution in [0.1, 0.15) is 72.1 Å². The number of nitrogens with zero attached hydrogens (tertiary/aromatic N) is 2. The van der Waals surface area contributed by atoms with Gasteiger partial charge in [-0.15, -0.1) is 4.28 Å². The van der Waals surface area contributed by atoms with Gasteiger partial charge in [-0.1, -0.05) is 26.2 Å². The lowest BCUT2D eigenvalue weighted by atomic mass is 9.95. The van der Waals surface area contributed by atoms with Crippen molar-refractivity contribution in [1.29, 1.82) is 0 Å². The van der Waals surface area contributed by atoms with Crippen LogP contribution in [0.4, 0.5) is 4.79 Å². The molecular weight excluding hydrogens is 492 g/mol. The Bertz CT molecular complexity index is 891. The van der Waals surface area contributed by atoms with Crippen LogP contribution < -0.4 is 10.6 Å². The smallest absolute Gasteiger partial charge is 0.421 e. The molecule has 0 unspecified atom stereocenters. The molecule has 0 aromatic heterocycles. The molecule has 3 fully saturated rings. The van der Waals surface area contributed by atoms with Crippen molar-refractivity contribution >= 4 is 28.3 Å². The second-order valence-electron chi connectivity index (χ2n) is 10.4. The monoisotopic (exact) mass is 532 g/mol. The van der Waals surface area contributed by atoms with Gasteiger partial charge in [0.15, 0.2) is 0 Å². The van der Waals surface area contributed by atoms with Gasteiger partial charge < -0.3 is 20.3 Å². The van der Waals surface area contributed by atoms with E-state index in [1.54, 1.807) is 0 Å². The van der Waals surface area contributed by atoms with Gasteiger partial charge in [-0.2, -0.15) is 13.5 Å². The van der Waals surface area contributed by atoms with Crippen LogP contribution in [0.25, 0.3) is 0 Å². The maximum atomic E-state index is 12.9. The highest BCUT2D eigenvalue weighted by Gasteiger charge is 2.50. The highest BCUT2D eigenvalue weighted by Crippen LogP contribution is 2.31. The molecule has 0 radical (unpaired) electrons. The van der Waals surface area contributed by atoms with Crippen molar-refractivity contribution in [2.24, 2.45) is 5.41 Å². The molecule has 12 nitrogen and oxygen atoms in total. The van der Waals surface area contributed by atoms with E-state index in [1.165, 1.54) is 18.7 Å². The molecule has 3 saturated heterocycles. The normalized spacial score (nSPS) is 23.1. The summed E-state index contributed by atoms with van der Waals surface area (Å²) in [6.07, 6.45) is 6.27. The third-order valence-electron chi connectivity index (χ3n) is 6.83. The number of fused-ring (bicyclic) bond motifs is 2. The molecule has 3 amide bonds. The average molecular weight is 533 g/mol. The Labute approximate surface area is 213 Å². The maximum absolute atomic E-state index is 12.9. The fourth-order valence-corrected chi connectivity index (χ4v) is 5.42. The molecule has 0 aromatic carbocycles. The Morgan fingerprint density at radius 2 is 1.83 bits per heavy atom. The fourth-order valence-electron chi connectivity index (χ4n) is 4.55. The number of carbonyl (C=O) groups excluding carboxylic acids is 3. The van der Waals surface area contributed by atoms with Gasteiger partial charge in [0.05, 0.1) is 24.7 Å². The topological polar surface area (TPSA) is 144 Å². The predicted molar refractivity (Wildman–Crippen MR) is 130 cm³/mol. The van der Waals surface area contributed by atoms with Gasteiger partial charge in [-0.3, -0.25) is 9.59 Å². The number of hydrogen-bond acceptors (Lipinski definition) is 9. The van der Waals surface area contributed by atoms with Gasteiger partial charge >= 0.3 is 22.4 Å². The van der Waals surface area contributed by atoms with E-state index in [2.05, 4.69) is 17.6 Å². The number of urea groups is 1. The molecule has 0 spiro atoms. The number of carbonyl (C=O) groups is 3. The number of amides is 3. The number of hydroxylamine groups is 2. The predicted octanol–water partition coefficient (Wildman–Crippen LogP) is 1.47. The molecule has 3 rings (SSSR count). The minimum absolute atomic E-state index is 0.0571. The van der Waals surface area contributed by atoms with Crippen LogP contribution >= 0.6 is 0 Å². The molecule has 206 valence electrons. The molecule has 2 atom stereocenters. The van der Waals surface area contributed by atoms with Crippen molar-refractivity contribution in [3.05, 3.63) is 0 Å². The van der Waals surface area contributed by atoms with Gasteiger partial charge in [-0.05, 0) is 59.0 Å². The van der Waals surface area contributed by atoms with E-state index in [9.17, 15) is 22.8 Å². The third-order valence-corrected chi connectivity index (χ3v) is 7.58. The number of ether oxygens (including phenoxy) is 1. The van der Waals surface area contributed by atoms with Gasteiger partial charge in [0.2, 0.25) is 5.91 Å². The first-order valence-corrected chi connectivity index (χ1v) is 14.2. The molecule has 2 N–H and O–H groups in total. The molecule has 13 heteroatoms. The Morgan fingerprint density at radius 1 is 1.11 bits per heavy atom. The van der Waals surface area contributed by atoms with E-state index in [-0.39, 0.29) is 25.1 Å². The first-order chi connectivity index (χ1) is 17.0. The van der Waals surface area contributed by atoms with E-state index in [0.717, 1.165) is 56.7 Å². The van der Waals surface area contributed by atoms with Gasteiger partial charge in [0, 0.05) is 12.6 Å². The van der Waals surface area contributed by atoms with Crippen molar-refractivity contribution in [3.8, 4) is 0 Å². The summed E-state index contributed by atoms with van der Waals surface area (Å²) in [5.41, 5.74) is -1.23. The van der Waals surface area contributed by atoms with Gasteiger partial charge in [-0.25, -0.2) is 8.98 Å². The number of esters is 1. The zero-order valence-corrected chi connectivity index (χ0v) is 22.3. The van der Waals surface area contributed by atoms with Crippen molar-refractivity contribution < 1.29 is 36.0 Å². The molecule has 2 bridgehead atoms. The Balaban J connectivity index is 1.49. The molecule has 36 heavy (non-hydrogen) atoms. The molecule has 3 aliphatic heterocycles. The largest absolute Gasteiger partial charge is 0.465 e. The zero-order valence-electron chi connectivity index (χ0n) is 21.5. The fraction of sp³-hybridized carbons (Fsp3) is 0.870. The molecule has 0 aromatic rings. The van der Waals surface area contributed by atoms with E-state index in [4.69, 9.17) is 13.2 Å². The highest BCUT2D eigenvalue weighted by atomic mass is 32.3. The van der Waals surface area contributed by atoms with Crippen LogP contribution in [0.15, 0.2) is 0 Å². The number of unbranched alkanes of at least 4 members (excludes halogenated alkanes) is 3. The van der Waals surface area contributed by atoms with Crippen LogP contribution in [0, 0.1) is 5.41 Å². The molecular formula is C23H40N4O8S. The summed E-state index contributed by atoms with van der Waals surface area (Å²) >= 11 is 0. The third kappa shape index (κ3) is 7.53. The van der Waals surface area contributed by atoms with E-state index < -0.39 is 46.5 Å². The Kier molecular flexibility index (Phi) is 9.95. The van der Waals surface area contributed by atoms with Crippen LogP contribution in [0.2, 0.25) is 0 Å². The number of piperidine rings is 2. The lowest BCUT2D eigenvalue weighted by Gasteiger charge is -2.32. The van der Waals surface area contributed by atoms with Crippen LogP contribution in [-0.2, 0) is 33.2 Å².